The van der Waals surface area contributed by atoms with Crippen molar-refractivity contribution in [3.8, 4) is 11.5 Å². The first-order valence-corrected chi connectivity index (χ1v) is 7.74. The summed E-state index contributed by atoms with van der Waals surface area (Å²) in [6, 6.07) is 7.10. The lowest BCUT2D eigenvalue weighted by Gasteiger charge is -2.11. The van der Waals surface area contributed by atoms with Crippen LogP contribution in [0.5, 0.6) is 11.5 Å². The Kier molecular flexibility index (Phi) is 6.55. The minimum absolute atomic E-state index is 0.114. The lowest BCUT2D eigenvalue weighted by atomic mass is 9.98. The minimum Gasteiger partial charge on any atom is -0.507 e. The number of rotatable bonds is 9. The van der Waals surface area contributed by atoms with Crippen LogP contribution in [0.3, 0.4) is 0 Å². The molecule has 0 amide bonds. The summed E-state index contributed by atoms with van der Waals surface area (Å²) in [7, 11) is 0. The lowest BCUT2D eigenvalue weighted by Crippen LogP contribution is -2.20. The zero-order valence-corrected chi connectivity index (χ0v) is 13.8. The van der Waals surface area contributed by atoms with Crippen LogP contribution in [-0.4, -0.2) is 35.1 Å². The molecule has 0 heterocycles. The summed E-state index contributed by atoms with van der Waals surface area (Å²) in [5.41, 5.74) is 3.32. The van der Waals surface area contributed by atoms with Gasteiger partial charge in [0.05, 0.1) is 6.61 Å². The standard InChI is InChI=1S/C17H20N2O6/c1-12-13(8-4-10-24-11-5-9-18-25-19(22)23)17(21)15-7-3-2-6-14(15)16(12)20/h2-4,6-8,18,20-21H,5,9-11H2,1H3. The van der Waals surface area contributed by atoms with Crippen molar-refractivity contribution < 1.29 is 25.0 Å². The third-order valence-corrected chi connectivity index (χ3v) is 3.66. The first-order chi connectivity index (χ1) is 12.0. The predicted octanol–water partition coefficient (Wildman–Crippen LogP) is 2.69. The van der Waals surface area contributed by atoms with E-state index in [1.807, 2.05) is 0 Å². The van der Waals surface area contributed by atoms with Crippen molar-refractivity contribution >= 4 is 16.8 Å². The Morgan fingerprint density at radius 3 is 2.60 bits per heavy atom. The van der Waals surface area contributed by atoms with Crippen molar-refractivity contribution in [3.05, 3.63) is 51.6 Å². The number of fused-ring (bicyclic) bond motifs is 1. The van der Waals surface area contributed by atoms with Crippen LogP contribution in [0, 0.1) is 17.0 Å². The summed E-state index contributed by atoms with van der Waals surface area (Å²) in [4.78, 5) is 13.9. The smallest absolute Gasteiger partial charge is 0.311 e. The average Bonchev–Trinajstić information content (AvgIpc) is 2.60. The molecule has 3 N–H and O–H groups in total. The number of benzene rings is 2. The van der Waals surface area contributed by atoms with Crippen LogP contribution in [0.15, 0.2) is 30.3 Å². The monoisotopic (exact) mass is 348 g/mol. The molecule has 0 spiro atoms. The molecule has 0 unspecified atom stereocenters. The Morgan fingerprint density at radius 1 is 1.24 bits per heavy atom. The van der Waals surface area contributed by atoms with E-state index in [2.05, 4.69) is 10.4 Å². The molecule has 0 saturated carbocycles. The molecule has 0 aromatic heterocycles. The molecule has 0 aliphatic carbocycles. The highest BCUT2D eigenvalue weighted by atomic mass is 17.0. The molecular weight excluding hydrogens is 328 g/mol. The topological polar surface area (TPSA) is 114 Å². The van der Waals surface area contributed by atoms with Crippen LogP contribution < -0.4 is 5.48 Å². The maximum atomic E-state index is 10.4. The number of hydrogen-bond donors (Lipinski definition) is 3. The summed E-state index contributed by atoms with van der Waals surface area (Å²) in [5.74, 6) is 0.258. The van der Waals surface area contributed by atoms with Gasteiger partial charge in [0.2, 0.25) is 0 Å². The number of nitrogens with zero attached hydrogens (tertiary/aromatic N) is 1. The minimum atomic E-state index is -0.919. The molecule has 8 nitrogen and oxygen atoms in total. The molecule has 0 aliphatic rings. The van der Waals surface area contributed by atoms with Crippen LogP contribution in [0.25, 0.3) is 16.8 Å². The second-order valence-electron chi connectivity index (χ2n) is 5.32. The molecule has 0 atom stereocenters. The Balaban J connectivity index is 1.90. The van der Waals surface area contributed by atoms with Crippen molar-refractivity contribution in [2.45, 2.75) is 13.3 Å². The lowest BCUT2D eigenvalue weighted by molar-refractivity contribution is -0.776. The van der Waals surface area contributed by atoms with E-state index < -0.39 is 5.09 Å². The molecule has 0 aliphatic heterocycles. The van der Waals surface area contributed by atoms with Gasteiger partial charge in [0.1, 0.15) is 11.5 Å². The van der Waals surface area contributed by atoms with Gasteiger partial charge in [-0.2, -0.15) is 5.48 Å². The molecule has 0 radical (unpaired) electrons. The van der Waals surface area contributed by atoms with Crippen molar-refractivity contribution in [1.29, 1.82) is 0 Å². The summed E-state index contributed by atoms with van der Waals surface area (Å²) >= 11 is 0. The molecule has 2 aromatic carbocycles. The van der Waals surface area contributed by atoms with Gasteiger partial charge in [-0.05, 0) is 13.3 Å². The molecule has 0 saturated heterocycles. The van der Waals surface area contributed by atoms with E-state index in [0.717, 1.165) is 0 Å². The first kappa shape index (κ1) is 18.5. The molecule has 0 fully saturated rings. The number of phenolic OH excluding ortho intramolecular Hbond substituents is 2. The van der Waals surface area contributed by atoms with Crippen molar-refractivity contribution in [3.63, 3.8) is 0 Å². The maximum absolute atomic E-state index is 10.4. The van der Waals surface area contributed by atoms with Crippen LogP contribution in [0.2, 0.25) is 0 Å². The normalized spacial score (nSPS) is 11.2. The van der Waals surface area contributed by atoms with E-state index in [4.69, 9.17) is 4.74 Å². The Labute approximate surface area is 144 Å². The number of ether oxygens (including phenoxy) is 1. The highest BCUT2D eigenvalue weighted by Gasteiger charge is 2.13. The molecule has 134 valence electrons. The largest absolute Gasteiger partial charge is 0.507 e. The highest BCUT2D eigenvalue weighted by Crippen LogP contribution is 2.39. The fourth-order valence-corrected chi connectivity index (χ4v) is 2.41. The van der Waals surface area contributed by atoms with E-state index >= 15 is 0 Å². The molecule has 25 heavy (non-hydrogen) atoms. The van der Waals surface area contributed by atoms with Gasteiger partial charge in [0, 0.05) is 35.1 Å². The molecule has 2 aromatic rings. The van der Waals surface area contributed by atoms with Gasteiger partial charge in [-0.1, -0.05) is 36.4 Å². The van der Waals surface area contributed by atoms with Gasteiger partial charge in [-0.15, -0.1) is 10.1 Å². The SMILES string of the molecule is Cc1c(C=CCOCCCNO[N+](=O)[O-])c(O)c2ccccc2c1O. The van der Waals surface area contributed by atoms with Gasteiger partial charge in [-0.3, -0.25) is 0 Å². The zero-order chi connectivity index (χ0) is 18.2. The van der Waals surface area contributed by atoms with Gasteiger partial charge < -0.3 is 14.9 Å². The molecule has 8 heteroatoms. The van der Waals surface area contributed by atoms with E-state index in [9.17, 15) is 20.3 Å². The predicted molar refractivity (Wildman–Crippen MR) is 92.6 cm³/mol. The zero-order valence-electron chi connectivity index (χ0n) is 13.8. The number of hydrogen-bond acceptors (Lipinski definition) is 7. The van der Waals surface area contributed by atoms with E-state index in [0.29, 0.717) is 48.1 Å². The second kappa shape index (κ2) is 8.86. The third-order valence-electron chi connectivity index (χ3n) is 3.66. The highest BCUT2D eigenvalue weighted by molar-refractivity contribution is 5.97. The number of phenols is 2. The quantitative estimate of drug-likeness (QED) is 0.276. The molecule has 0 bridgehead atoms. The van der Waals surface area contributed by atoms with Crippen LogP contribution >= 0.6 is 0 Å². The summed E-state index contributed by atoms with van der Waals surface area (Å²) in [6.45, 7) is 2.74. The summed E-state index contributed by atoms with van der Waals surface area (Å²) < 4.78 is 5.36. The van der Waals surface area contributed by atoms with Crippen LogP contribution in [-0.2, 0) is 9.68 Å². The summed E-state index contributed by atoms with van der Waals surface area (Å²) in [6.07, 6.45) is 3.98. The number of hydroxylamine groups is 1. The third kappa shape index (κ3) is 4.82. The van der Waals surface area contributed by atoms with E-state index in [1.54, 1.807) is 43.3 Å². The maximum Gasteiger partial charge on any atom is 0.311 e. The number of aromatic hydroxyl groups is 2. The summed E-state index contributed by atoms with van der Waals surface area (Å²) in [5, 5.41) is 30.9. The Hall–Kier alpha value is -2.84. The fourth-order valence-electron chi connectivity index (χ4n) is 2.41. The van der Waals surface area contributed by atoms with Crippen molar-refractivity contribution in [1.82, 2.24) is 5.48 Å². The number of nitrogens with one attached hydrogen (secondary N) is 1. The van der Waals surface area contributed by atoms with Gasteiger partial charge >= 0.3 is 5.09 Å². The van der Waals surface area contributed by atoms with Crippen LogP contribution in [0.1, 0.15) is 17.5 Å². The van der Waals surface area contributed by atoms with Gasteiger partial charge in [-0.25, -0.2) is 4.94 Å². The van der Waals surface area contributed by atoms with Gasteiger partial charge in [0.15, 0.2) is 0 Å². The Morgan fingerprint density at radius 2 is 1.92 bits per heavy atom. The van der Waals surface area contributed by atoms with Gasteiger partial charge in [0.25, 0.3) is 0 Å². The molecular formula is C17H20N2O6. The van der Waals surface area contributed by atoms with Crippen LogP contribution in [0.4, 0.5) is 0 Å². The average molecular weight is 348 g/mol. The fraction of sp³-hybridized carbons (Fsp3) is 0.294. The second-order valence-corrected chi connectivity index (χ2v) is 5.32. The van der Waals surface area contributed by atoms with E-state index in [-0.39, 0.29) is 11.5 Å². The van der Waals surface area contributed by atoms with Crippen molar-refractivity contribution in [2.75, 3.05) is 19.8 Å². The van der Waals surface area contributed by atoms with Crippen molar-refractivity contribution in [2.24, 2.45) is 0 Å². The molecule has 2 rings (SSSR count). The van der Waals surface area contributed by atoms with E-state index in [1.165, 1.54) is 0 Å². The first-order valence-electron chi connectivity index (χ1n) is 7.74. The Bertz CT molecular complexity index is 775.